The van der Waals surface area contributed by atoms with Crippen LogP contribution in [0.4, 0.5) is 0 Å². The van der Waals surface area contributed by atoms with Gasteiger partial charge in [0, 0.05) is 16.8 Å². The van der Waals surface area contributed by atoms with E-state index in [9.17, 15) is 4.79 Å². The molecule has 1 amide bonds. The lowest BCUT2D eigenvalue weighted by atomic mass is 10.3. The summed E-state index contributed by atoms with van der Waals surface area (Å²) in [5.74, 6) is 0.0999. The molecule has 0 aliphatic carbocycles. The van der Waals surface area contributed by atoms with E-state index in [0.717, 1.165) is 15.9 Å². The molecule has 0 bridgehead atoms. The van der Waals surface area contributed by atoms with Crippen molar-refractivity contribution >= 4 is 44.5 Å². The monoisotopic (exact) mass is 329 g/mol. The summed E-state index contributed by atoms with van der Waals surface area (Å²) >= 11 is 6.61. The summed E-state index contributed by atoms with van der Waals surface area (Å²) in [4.78, 5) is 15.3. The quantitative estimate of drug-likeness (QED) is 0.821. The lowest BCUT2D eigenvalue weighted by Crippen LogP contribution is -2.29. The molecule has 2 aromatic rings. The number of nitrogens with zero attached hydrogens (tertiary/aromatic N) is 1. The largest absolute Gasteiger partial charge is 0.334 e. The Bertz CT molecular complexity index is 492. The highest BCUT2D eigenvalue weighted by Crippen LogP contribution is 2.22. The Hall–Kier alpha value is -0.650. The van der Waals surface area contributed by atoms with Gasteiger partial charge < -0.3 is 4.90 Å². The van der Waals surface area contributed by atoms with Crippen LogP contribution in [0, 0.1) is 0 Å². The van der Waals surface area contributed by atoms with Crippen LogP contribution in [0.15, 0.2) is 32.7 Å². The first-order valence-electron chi connectivity index (χ1n) is 5.26. The number of carbonyl (C=O) groups is 1. The second-order valence-electron chi connectivity index (χ2n) is 3.54. The van der Waals surface area contributed by atoms with Crippen molar-refractivity contribution < 1.29 is 4.79 Å². The topological polar surface area (TPSA) is 20.3 Å². The molecule has 2 heterocycles. The van der Waals surface area contributed by atoms with E-state index in [1.165, 1.54) is 4.88 Å². The lowest BCUT2D eigenvalue weighted by Gasteiger charge is -2.19. The minimum atomic E-state index is 0.0999. The van der Waals surface area contributed by atoms with Crippen molar-refractivity contribution in [3.63, 3.8) is 0 Å². The summed E-state index contributed by atoms with van der Waals surface area (Å²) in [5, 5.41) is 3.93. The van der Waals surface area contributed by atoms with Crippen molar-refractivity contribution in [1.29, 1.82) is 0 Å². The van der Waals surface area contributed by atoms with Gasteiger partial charge in [-0.25, -0.2) is 0 Å². The van der Waals surface area contributed by atoms with E-state index >= 15 is 0 Å². The van der Waals surface area contributed by atoms with Crippen molar-refractivity contribution in [2.75, 3.05) is 6.54 Å². The van der Waals surface area contributed by atoms with Crippen LogP contribution in [0.25, 0.3) is 0 Å². The van der Waals surface area contributed by atoms with E-state index in [0.29, 0.717) is 6.54 Å². The maximum atomic E-state index is 12.2. The predicted molar refractivity (Wildman–Crippen MR) is 76.8 cm³/mol. The molecule has 0 saturated carbocycles. The van der Waals surface area contributed by atoms with Gasteiger partial charge in [-0.05, 0) is 40.4 Å². The van der Waals surface area contributed by atoms with E-state index in [-0.39, 0.29) is 5.91 Å². The van der Waals surface area contributed by atoms with Crippen LogP contribution >= 0.6 is 38.6 Å². The van der Waals surface area contributed by atoms with Gasteiger partial charge in [-0.15, -0.1) is 22.7 Å². The highest BCUT2D eigenvalue weighted by atomic mass is 79.9. The lowest BCUT2D eigenvalue weighted by molar-refractivity contribution is 0.0754. The van der Waals surface area contributed by atoms with Crippen LogP contribution in [-0.2, 0) is 6.54 Å². The number of halogens is 1. The molecule has 0 fully saturated rings. The van der Waals surface area contributed by atoms with Gasteiger partial charge in [0.25, 0.3) is 5.91 Å². The van der Waals surface area contributed by atoms with Gasteiger partial charge in [-0.1, -0.05) is 6.07 Å². The molecule has 90 valence electrons. The molecule has 0 N–H and O–H groups in total. The van der Waals surface area contributed by atoms with Gasteiger partial charge in [0.1, 0.15) is 0 Å². The zero-order chi connectivity index (χ0) is 12.3. The van der Waals surface area contributed by atoms with E-state index in [4.69, 9.17) is 0 Å². The van der Waals surface area contributed by atoms with Gasteiger partial charge in [-0.2, -0.15) is 0 Å². The van der Waals surface area contributed by atoms with Crippen LogP contribution in [0.3, 0.4) is 0 Å². The van der Waals surface area contributed by atoms with Crippen LogP contribution < -0.4 is 0 Å². The first-order valence-corrected chi connectivity index (χ1v) is 7.81. The fourth-order valence-corrected chi connectivity index (χ4v) is 3.37. The molecule has 2 rings (SSSR count). The first kappa shape index (κ1) is 12.8. The average molecular weight is 330 g/mol. The van der Waals surface area contributed by atoms with Crippen LogP contribution in [-0.4, -0.2) is 17.4 Å². The summed E-state index contributed by atoms with van der Waals surface area (Å²) in [6, 6.07) is 5.95. The molecule has 0 aliphatic heterocycles. The van der Waals surface area contributed by atoms with Gasteiger partial charge >= 0.3 is 0 Å². The van der Waals surface area contributed by atoms with Gasteiger partial charge in [0.2, 0.25) is 0 Å². The van der Waals surface area contributed by atoms with Crippen LogP contribution in [0.1, 0.15) is 22.2 Å². The summed E-state index contributed by atoms with van der Waals surface area (Å²) < 4.78 is 0.994. The Morgan fingerprint density at radius 1 is 1.47 bits per heavy atom. The smallest absolute Gasteiger partial charge is 0.255 e. The highest BCUT2D eigenvalue weighted by Gasteiger charge is 2.16. The standard InChI is InChI=1S/C12H12BrNOS2/c1-2-14(7-10-4-3-5-16-10)12(15)9-6-11(13)17-8-9/h3-6,8H,2,7H2,1H3. The number of hydrogen-bond donors (Lipinski definition) is 0. The Balaban J connectivity index is 2.10. The van der Waals surface area contributed by atoms with Gasteiger partial charge in [-0.3, -0.25) is 4.79 Å². The summed E-state index contributed by atoms with van der Waals surface area (Å²) in [6.07, 6.45) is 0. The minimum absolute atomic E-state index is 0.0999. The number of rotatable bonds is 4. The maximum absolute atomic E-state index is 12.2. The molecule has 0 saturated heterocycles. The third kappa shape index (κ3) is 3.18. The molecule has 0 atom stereocenters. The predicted octanol–water partition coefficient (Wildman–Crippen LogP) is 4.23. The van der Waals surface area contributed by atoms with Crippen molar-refractivity contribution in [3.05, 3.63) is 43.2 Å². The molecule has 2 aromatic heterocycles. The summed E-state index contributed by atoms with van der Waals surface area (Å²) in [7, 11) is 0. The number of amides is 1. The Morgan fingerprint density at radius 3 is 2.82 bits per heavy atom. The van der Waals surface area contributed by atoms with E-state index in [1.54, 1.807) is 22.7 Å². The Kier molecular flexibility index (Phi) is 4.36. The second-order valence-corrected chi connectivity index (χ2v) is 6.86. The third-order valence-electron chi connectivity index (χ3n) is 2.41. The molecule has 0 spiro atoms. The van der Waals surface area contributed by atoms with Crippen molar-refractivity contribution in [3.8, 4) is 0 Å². The molecule has 0 radical (unpaired) electrons. The molecular formula is C12H12BrNOS2. The van der Waals surface area contributed by atoms with Crippen LogP contribution in [0.5, 0.6) is 0 Å². The summed E-state index contributed by atoms with van der Waals surface area (Å²) in [5.41, 5.74) is 0.764. The van der Waals surface area contributed by atoms with E-state index in [2.05, 4.69) is 22.0 Å². The Labute approximate surface area is 117 Å². The normalized spacial score (nSPS) is 10.5. The molecule has 5 heteroatoms. The highest BCUT2D eigenvalue weighted by molar-refractivity contribution is 9.11. The second kappa shape index (κ2) is 5.80. The third-order valence-corrected chi connectivity index (χ3v) is 4.78. The molecule has 2 nitrogen and oxygen atoms in total. The number of hydrogen-bond acceptors (Lipinski definition) is 3. The first-order chi connectivity index (χ1) is 8.20. The number of carbonyl (C=O) groups excluding carboxylic acids is 1. The zero-order valence-electron chi connectivity index (χ0n) is 9.35. The minimum Gasteiger partial charge on any atom is -0.334 e. The number of thiophene rings is 2. The molecule has 17 heavy (non-hydrogen) atoms. The average Bonchev–Trinajstić information content (AvgIpc) is 2.96. The summed E-state index contributed by atoms with van der Waals surface area (Å²) in [6.45, 7) is 3.43. The molecule has 0 aliphatic rings. The van der Waals surface area contributed by atoms with Gasteiger partial charge in [0.05, 0.1) is 15.9 Å². The Morgan fingerprint density at radius 2 is 2.29 bits per heavy atom. The van der Waals surface area contributed by atoms with E-state index in [1.807, 2.05) is 34.7 Å². The van der Waals surface area contributed by atoms with Crippen LogP contribution in [0.2, 0.25) is 0 Å². The zero-order valence-corrected chi connectivity index (χ0v) is 12.6. The van der Waals surface area contributed by atoms with Gasteiger partial charge in [0.15, 0.2) is 0 Å². The van der Waals surface area contributed by atoms with Crippen molar-refractivity contribution in [2.45, 2.75) is 13.5 Å². The molecular weight excluding hydrogens is 318 g/mol. The van der Waals surface area contributed by atoms with Crippen molar-refractivity contribution in [1.82, 2.24) is 4.90 Å². The fraction of sp³-hybridized carbons (Fsp3) is 0.250. The van der Waals surface area contributed by atoms with E-state index < -0.39 is 0 Å². The molecule has 0 aromatic carbocycles. The van der Waals surface area contributed by atoms with Crippen molar-refractivity contribution in [2.24, 2.45) is 0 Å². The SMILES string of the molecule is CCN(Cc1cccs1)C(=O)c1csc(Br)c1. The fourth-order valence-electron chi connectivity index (χ4n) is 1.52. The maximum Gasteiger partial charge on any atom is 0.255 e. The molecule has 0 unspecified atom stereocenters.